The molecule has 0 saturated carbocycles. The summed E-state index contributed by atoms with van der Waals surface area (Å²) in [6, 6.07) is 12.8. The summed E-state index contributed by atoms with van der Waals surface area (Å²) in [7, 11) is 0. The summed E-state index contributed by atoms with van der Waals surface area (Å²) in [6.45, 7) is 7.15. The number of fused-ring (bicyclic) bond motifs is 1. The predicted molar refractivity (Wildman–Crippen MR) is 73.3 cm³/mol. The SMILES string of the molecule is C=[N+](CC)c1c(SC)ccc2ccccc12. The Bertz CT molecular complexity index is 531. The molecule has 0 spiro atoms. The van der Waals surface area contributed by atoms with Gasteiger partial charge in [-0.3, -0.25) is 0 Å². The van der Waals surface area contributed by atoms with E-state index in [1.165, 1.54) is 21.4 Å². The fourth-order valence-electron chi connectivity index (χ4n) is 1.88. The molecule has 2 heteroatoms. The van der Waals surface area contributed by atoms with E-state index in [1.54, 1.807) is 11.8 Å². The molecule has 0 aliphatic rings. The molecule has 0 aliphatic carbocycles. The lowest BCUT2D eigenvalue weighted by atomic mass is 10.1. The van der Waals surface area contributed by atoms with E-state index in [-0.39, 0.29) is 0 Å². The van der Waals surface area contributed by atoms with E-state index in [1.807, 2.05) is 0 Å². The van der Waals surface area contributed by atoms with Gasteiger partial charge in [0.1, 0.15) is 13.3 Å². The molecule has 0 unspecified atom stereocenters. The standard InChI is InChI=1S/C14H16NS/c1-4-15(2)14-12-8-6-5-7-11(12)9-10-13(14)16-3/h5-10H,2,4H2,1,3H3/q+1. The second-order valence-electron chi connectivity index (χ2n) is 3.69. The smallest absolute Gasteiger partial charge is 0.204 e. The van der Waals surface area contributed by atoms with Gasteiger partial charge in [-0.15, -0.1) is 11.8 Å². The van der Waals surface area contributed by atoms with Gasteiger partial charge in [0, 0.05) is 0 Å². The highest BCUT2D eigenvalue weighted by molar-refractivity contribution is 7.98. The maximum atomic E-state index is 4.11. The zero-order valence-corrected chi connectivity index (χ0v) is 10.6. The normalized spacial score (nSPS) is 10.6. The highest BCUT2D eigenvalue weighted by Crippen LogP contribution is 2.34. The second-order valence-corrected chi connectivity index (χ2v) is 4.54. The number of thioether (sulfide) groups is 1. The molecule has 16 heavy (non-hydrogen) atoms. The van der Waals surface area contributed by atoms with Crippen LogP contribution in [-0.2, 0) is 0 Å². The number of rotatable bonds is 3. The van der Waals surface area contributed by atoms with Gasteiger partial charge in [0.05, 0.1) is 10.3 Å². The van der Waals surface area contributed by atoms with E-state index < -0.39 is 0 Å². The molecule has 0 bridgehead atoms. The molecule has 0 saturated heterocycles. The molecule has 82 valence electrons. The van der Waals surface area contributed by atoms with Crippen molar-refractivity contribution in [3.8, 4) is 0 Å². The summed E-state index contributed by atoms with van der Waals surface area (Å²) in [6.07, 6.45) is 2.11. The quantitative estimate of drug-likeness (QED) is 0.438. The maximum absolute atomic E-state index is 4.11. The van der Waals surface area contributed by atoms with Crippen LogP contribution in [0.5, 0.6) is 0 Å². The molecule has 2 aromatic rings. The van der Waals surface area contributed by atoms with Gasteiger partial charge in [0.25, 0.3) is 0 Å². The Kier molecular flexibility index (Phi) is 3.30. The summed E-state index contributed by atoms with van der Waals surface area (Å²) in [5.41, 5.74) is 1.24. The van der Waals surface area contributed by atoms with Crippen molar-refractivity contribution in [2.45, 2.75) is 11.8 Å². The van der Waals surface area contributed by atoms with E-state index in [9.17, 15) is 0 Å². The average molecular weight is 230 g/mol. The van der Waals surface area contributed by atoms with Crippen molar-refractivity contribution in [3.05, 3.63) is 36.4 Å². The van der Waals surface area contributed by atoms with E-state index in [4.69, 9.17) is 0 Å². The molecule has 2 aromatic carbocycles. The Morgan fingerprint density at radius 2 is 1.94 bits per heavy atom. The Morgan fingerprint density at radius 3 is 2.62 bits per heavy atom. The van der Waals surface area contributed by atoms with Crippen LogP contribution >= 0.6 is 11.8 Å². The first-order valence-corrected chi connectivity index (χ1v) is 6.64. The third kappa shape index (κ3) is 1.85. The molecular formula is C14H16NS+. The third-order valence-electron chi connectivity index (χ3n) is 2.78. The van der Waals surface area contributed by atoms with Crippen LogP contribution in [0.4, 0.5) is 5.69 Å². The van der Waals surface area contributed by atoms with Crippen LogP contribution in [-0.4, -0.2) is 24.1 Å². The van der Waals surface area contributed by atoms with Gasteiger partial charge in [0.15, 0.2) is 0 Å². The molecule has 0 radical (unpaired) electrons. The molecule has 0 heterocycles. The molecule has 0 atom stereocenters. The minimum absolute atomic E-state index is 0.918. The third-order valence-corrected chi connectivity index (χ3v) is 3.55. The molecule has 2 rings (SSSR count). The van der Waals surface area contributed by atoms with Crippen molar-refractivity contribution in [2.75, 3.05) is 12.8 Å². The van der Waals surface area contributed by atoms with Crippen LogP contribution in [0, 0.1) is 0 Å². The minimum Gasteiger partial charge on any atom is -0.204 e. The summed E-state index contributed by atoms with van der Waals surface area (Å²) in [4.78, 5) is 1.29. The topological polar surface area (TPSA) is 3.01 Å². The van der Waals surface area contributed by atoms with Crippen molar-refractivity contribution in [3.63, 3.8) is 0 Å². The van der Waals surface area contributed by atoms with Crippen LogP contribution in [0.1, 0.15) is 6.92 Å². The van der Waals surface area contributed by atoms with Gasteiger partial charge in [-0.2, -0.15) is 0 Å². The van der Waals surface area contributed by atoms with E-state index in [0.29, 0.717) is 0 Å². The number of hydrogen-bond acceptors (Lipinski definition) is 1. The van der Waals surface area contributed by atoms with Gasteiger partial charge < -0.3 is 0 Å². The van der Waals surface area contributed by atoms with Gasteiger partial charge in [-0.25, -0.2) is 4.58 Å². The van der Waals surface area contributed by atoms with Crippen LogP contribution in [0.25, 0.3) is 10.8 Å². The molecule has 0 aromatic heterocycles. The van der Waals surface area contributed by atoms with Crippen LogP contribution in [0.2, 0.25) is 0 Å². The first-order chi connectivity index (χ1) is 7.77. The Labute approximate surface area is 101 Å². The van der Waals surface area contributed by atoms with Crippen LogP contribution in [0.15, 0.2) is 41.3 Å². The van der Waals surface area contributed by atoms with Crippen LogP contribution < -0.4 is 0 Å². The lowest BCUT2D eigenvalue weighted by Gasteiger charge is -2.07. The Balaban J connectivity index is 2.78. The van der Waals surface area contributed by atoms with E-state index >= 15 is 0 Å². The fourth-order valence-corrected chi connectivity index (χ4v) is 2.52. The van der Waals surface area contributed by atoms with Crippen molar-refractivity contribution < 1.29 is 4.58 Å². The van der Waals surface area contributed by atoms with Crippen molar-refractivity contribution in [2.24, 2.45) is 0 Å². The molecule has 0 N–H and O–H groups in total. The Hall–Kier alpha value is -1.28. The zero-order valence-electron chi connectivity index (χ0n) is 9.73. The highest BCUT2D eigenvalue weighted by Gasteiger charge is 2.15. The average Bonchev–Trinajstić information content (AvgIpc) is 2.36. The highest BCUT2D eigenvalue weighted by atomic mass is 32.2. The molecular weight excluding hydrogens is 214 g/mol. The predicted octanol–water partition coefficient (Wildman–Crippen LogP) is 3.93. The molecule has 0 aliphatic heterocycles. The molecule has 0 amide bonds. The number of hydrogen-bond donors (Lipinski definition) is 0. The largest absolute Gasteiger partial charge is 0.226 e. The summed E-state index contributed by atoms with van der Waals surface area (Å²) in [5, 5.41) is 2.56. The first-order valence-electron chi connectivity index (χ1n) is 5.41. The minimum atomic E-state index is 0.918. The Morgan fingerprint density at radius 1 is 1.19 bits per heavy atom. The number of nitrogens with zero attached hydrogens (tertiary/aromatic N) is 1. The second kappa shape index (κ2) is 4.71. The lowest BCUT2D eigenvalue weighted by Crippen LogP contribution is -2.02. The molecule has 0 fully saturated rings. The van der Waals surface area contributed by atoms with E-state index in [2.05, 4.69) is 60.9 Å². The fraction of sp³-hybridized carbons (Fsp3) is 0.214. The monoisotopic (exact) mass is 230 g/mol. The van der Waals surface area contributed by atoms with E-state index in [0.717, 1.165) is 6.54 Å². The summed E-state index contributed by atoms with van der Waals surface area (Å²) < 4.78 is 2.06. The first kappa shape index (κ1) is 11.2. The lowest BCUT2D eigenvalue weighted by molar-refractivity contribution is -0.427. The molecule has 1 nitrogen and oxygen atoms in total. The van der Waals surface area contributed by atoms with Gasteiger partial charge in [-0.05, 0) is 30.7 Å². The number of benzene rings is 2. The van der Waals surface area contributed by atoms with Gasteiger partial charge in [0.2, 0.25) is 5.69 Å². The maximum Gasteiger partial charge on any atom is 0.226 e. The van der Waals surface area contributed by atoms with Gasteiger partial charge >= 0.3 is 0 Å². The van der Waals surface area contributed by atoms with Crippen molar-refractivity contribution in [1.29, 1.82) is 0 Å². The van der Waals surface area contributed by atoms with Crippen molar-refractivity contribution in [1.82, 2.24) is 0 Å². The summed E-state index contributed by atoms with van der Waals surface area (Å²) >= 11 is 1.77. The summed E-state index contributed by atoms with van der Waals surface area (Å²) in [5.74, 6) is 0. The van der Waals surface area contributed by atoms with Crippen molar-refractivity contribution >= 4 is 34.9 Å². The van der Waals surface area contributed by atoms with Gasteiger partial charge in [-0.1, -0.05) is 24.3 Å². The zero-order chi connectivity index (χ0) is 11.5. The van der Waals surface area contributed by atoms with Crippen LogP contribution in [0.3, 0.4) is 0 Å².